The molecule has 0 radical (unpaired) electrons. The average molecular weight is 130 g/mol. The fourth-order valence-corrected chi connectivity index (χ4v) is 2.28. The van der Waals surface area contributed by atoms with Crippen LogP contribution in [0, 0.1) is 5.41 Å². The van der Waals surface area contributed by atoms with Gasteiger partial charge >= 0.3 is 0 Å². The van der Waals surface area contributed by atoms with Gasteiger partial charge in [-0.3, -0.25) is 0 Å². The van der Waals surface area contributed by atoms with Gasteiger partial charge in [-0.05, 0) is 5.41 Å². The number of thioether (sulfide) groups is 1. The number of rotatable bonds is 0. The lowest BCUT2D eigenvalue weighted by atomic mass is 9.91. The molecule has 0 bridgehead atoms. The maximum absolute atomic E-state index is 2.31. The first-order chi connectivity index (χ1) is 3.52. The molecular weight excluding hydrogens is 116 g/mol. The third-order valence-corrected chi connectivity index (χ3v) is 3.36. The van der Waals surface area contributed by atoms with Crippen molar-refractivity contribution in [2.45, 2.75) is 38.2 Å². The lowest BCUT2D eigenvalue weighted by molar-refractivity contribution is 0.420. The smallest absolute Gasteiger partial charge is 0.0215 e. The summed E-state index contributed by atoms with van der Waals surface area (Å²) in [6.45, 7) is 9.25. The van der Waals surface area contributed by atoms with Crippen LogP contribution < -0.4 is 0 Å². The van der Waals surface area contributed by atoms with E-state index in [1.807, 2.05) is 0 Å². The summed E-state index contributed by atoms with van der Waals surface area (Å²) in [5.74, 6) is 0. The molecule has 0 aromatic carbocycles. The van der Waals surface area contributed by atoms with E-state index < -0.39 is 0 Å². The van der Waals surface area contributed by atoms with Crippen LogP contribution in [0.25, 0.3) is 0 Å². The van der Waals surface area contributed by atoms with E-state index in [4.69, 9.17) is 0 Å². The second-order valence-corrected chi connectivity index (χ2v) is 5.15. The minimum atomic E-state index is 0.546. The molecule has 1 aliphatic heterocycles. The Kier molecular flexibility index (Phi) is 1.34. The third-order valence-electron chi connectivity index (χ3n) is 1.56. The number of hydrogen-bond donors (Lipinski definition) is 0. The molecule has 0 spiro atoms. The Balaban J connectivity index is 2.39. The second-order valence-electron chi connectivity index (χ2n) is 3.63. The average Bonchev–Trinajstić information content (AvgIpc) is 2.13. The van der Waals surface area contributed by atoms with E-state index in [2.05, 4.69) is 39.5 Å². The van der Waals surface area contributed by atoms with Crippen LogP contribution in [-0.4, -0.2) is 10.5 Å². The van der Waals surface area contributed by atoms with Crippen LogP contribution in [-0.2, 0) is 0 Å². The fraction of sp³-hybridized carbons (Fsp3) is 1.00. The highest BCUT2D eigenvalue weighted by Crippen LogP contribution is 2.51. The molecule has 0 aliphatic carbocycles. The Morgan fingerprint density at radius 1 is 1.25 bits per heavy atom. The maximum atomic E-state index is 2.31. The van der Waals surface area contributed by atoms with Crippen LogP contribution in [0.1, 0.15) is 27.7 Å². The summed E-state index contributed by atoms with van der Waals surface area (Å²) in [7, 11) is 0. The third kappa shape index (κ3) is 1.19. The van der Waals surface area contributed by atoms with Gasteiger partial charge in [0.2, 0.25) is 0 Å². The largest absolute Gasteiger partial charge is 0.153 e. The summed E-state index contributed by atoms with van der Waals surface area (Å²) in [6, 6.07) is 0. The van der Waals surface area contributed by atoms with Gasteiger partial charge < -0.3 is 0 Å². The molecule has 48 valence electrons. The molecule has 1 rings (SSSR count). The van der Waals surface area contributed by atoms with Crippen LogP contribution >= 0.6 is 11.8 Å². The molecule has 0 N–H and O–H groups in total. The molecule has 1 heterocycles. The van der Waals surface area contributed by atoms with Crippen molar-refractivity contribution < 1.29 is 0 Å². The van der Waals surface area contributed by atoms with Crippen molar-refractivity contribution in [3.8, 4) is 0 Å². The van der Waals surface area contributed by atoms with Crippen LogP contribution in [0.3, 0.4) is 0 Å². The molecule has 1 aliphatic rings. The Bertz CT molecular complexity index is 91.1. The second kappa shape index (κ2) is 1.66. The van der Waals surface area contributed by atoms with Gasteiger partial charge in [-0.25, -0.2) is 0 Å². The van der Waals surface area contributed by atoms with Gasteiger partial charge in [0.25, 0.3) is 0 Å². The Morgan fingerprint density at radius 2 is 1.62 bits per heavy atom. The Hall–Kier alpha value is 0.350. The van der Waals surface area contributed by atoms with Crippen molar-refractivity contribution in [2.75, 3.05) is 0 Å². The van der Waals surface area contributed by atoms with Crippen molar-refractivity contribution >= 4 is 11.8 Å². The minimum Gasteiger partial charge on any atom is -0.153 e. The first-order valence-corrected chi connectivity index (χ1v) is 4.11. The molecule has 0 nitrogen and oxygen atoms in total. The van der Waals surface area contributed by atoms with E-state index >= 15 is 0 Å². The van der Waals surface area contributed by atoms with Crippen molar-refractivity contribution in [1.82, 2.24) is 0 Å². The minimum absolute atomic E-state index is 0.546. The molecule has 0 amide bonds. The highest BCUT2D eigenvalue weighted by Gasteiger charge is 2.42. The van der Waals surface area contributed by atoms with E-state index in [1.165, 1.54) is 0 Å². The van der Waals surface area contributed by atoms with Crippen molar-refractivity contribution in [3.63, 3.8) is 0 Å². The highest BCUT2D eigenvalue weighted by atomic mass is 32.2. The first kappa shape index (κ1) is 6.47. The summed E-state index contributed by atoms with van der Waals surface area (Å²) in [5.41, 5.74) is 0.546. The van der Waals surface area contributed by atoms with Crippen molar-refractivity contribution in [2.24, 2.45) is 5.41 Å². The summed E-state index contributed by atoms with van der Waals surface area (Å²) in [4.78, 5) is 0. The van der Waals surface area contributed by atoms with Gasteiger partial charge in [0, 0.05) is 10.5 Å². The quantitative estimate of drug-likeness (QED) is 0.454. The summed E-state index contributed by atoms with van der Waals surface area (Å²) >= 11 is 2.10. The van der Waals surface area contributed by atoms with E-state index in [-0.39, 0.29) is 0 Å². The van der Waals surface area contributed by atoms with E-state index in [0.29, 0.717) is 5.41 Å². The van der Waals surface area contributed by atoms with Crippen LogP contribution in [0.15, 0.2) is 0 Å². The van der Waals surface area contributed by atoms with Crippen LogP contribution in [0.2, 0.25) is 0 Å². The van der Waals surface area contributed by atoms with E-state index in [0.717, 1.165) is 10.5 Å². The molecule has 8 heavy (non-hydrogen) atoms. The lowest BCUT2D eigenvalue weighted by Crippen LogP contribution is -2.14. The molecule has 0 saturated carbocycles. The van der Waals surface area contributed by atoms with Gasteiger partial charge in [0.1, 0.15) is 0 Å². The normalized spacial score (nSPS) is 37.5. The molecular formula is C7H14S. The predicted octanol–water partition coefficient (Wildman–Crippen LogP) is 2.54. The fourth-order valence-electron chi connectivity index (χ4n) is 1.09. The molecule has 2 atom stereocenters. The van der Waals surface area contributed by atoms with Gasteiger partial charge in [-0.2, -0.15) is 11.8 Å². The summed E-state index contributed by atoms with van der Waals surface area (Å²) < 4.78 is 0. The maximum Gasteiger partial charge on any atom is 0.0215 e. The van der Waals surface area contributed by atoms with Gasteiger partial charge in [-0.1, -0.05) is 27.7 Å². The molecule has 1 heteroatoms. The Morgan fingerprint density at radius 3 is 1.62 bits per heavy atom. The SMILES string of the molecule is CC1SC1C(C)(C)C. The van der Waals surface area contributed by atoms with Gasteiger partial charge in [0.15, 0.2) is 0 Å². The zero-order chi connectivity index (χ0) is 6.36. The van der Waals surface area contributed by atoms with Crippen molar-refractivity contribution in [1.29, 1.82) is 0 Å². The molecule has 2 unspecified atom stereocenters. The molecule has 0 aromatic heterocycles. The van der Waals surface area contributed by atoms with Crippen LogP contribution in [0.4, 0.5) is 0 Å². The molecule has 0 aromatic rings. The summed E-state index contributed by atoms with van der Waals surface area (Å²) in [5, 5.41) is 1.86. The molecule has 1 fully saturated rings. The van der Waals surface area contributed by atoms with E-state index in [9.17, 15) is 0 Å². The molecule has 1 saturated heterocycles. The Labute approximate surface area is 56.0 Å². The first-order valence-electron chi connectivity index (χ1n) is 3.17. The predicted molar refractivity (Wildman–Crippen MR) is 40.3 cm³/mol. The number of hydrogen-bond acceptors (Lipinski definition) is 1. The van der Waals surface area contributed by atoms with Crippen LogP contribution in [0.5, 0.6) is 0 Å². The lowest BCUT2D eigenvalue weighted by Gasteiger charge is -2.15. The standard InChI is InChI=1S/C7H14S/c1-5-6(8-5)7(2,3)4/h5-6H,1-4H3. The zero-order valence-corrected chi connectivity index (χ0v) is 6.88. The van der Waals surface area contributed by atoms with E-state index in [1.54, 1.807) is 0 Å². The zero-order valence-electron chi connectivity index (χ0n) is 6.06. The summed E-state index contributed by atoms with van der Waals surface area (Å²) in [6.07, 6.45) is 0. The van der Waals surface area contributed by atoms with Gasteiger partial charge in [0.05, 0.1) is 0 Å². The monoisotopic (exact) mass is 130 g/mol. The van der Waals surface area contributed by atoms with Gasteiger partial charge in [-0.15, -0.1) is 0 Å². The topological polar surface area (TPSA) is 0 Å². The van der Waals surface area contributed by atoms with Crippen molar-refractivity contribution in [3.05, 3.63) is 0 Å². The highest BCUT2D eigenvalue weighted by molar-refractivity contribution is 8.07.